The molecule has 3 nitrogen and oxygen atoms in total. The Morgan fingerprint density at radius 2 is 1.94 bits per heavy atom. The van der Waals surface area contributed by atoms with Crippen LogP contribution in [0.4, 0.5) is 0 Å². The molecule has 0 saturated heterocycles. The summed E-state index contributed by atoms with van der Waals surface area (Å²) in [6, 6.07) is 5.22. The lowest BCUT2D eigenvalue weighted by molar-refractivity contribution is 0.0922. The molecule has 18 heavy (non-hydrogen) atoms. The van der Waals surface area contributed by atoms with Crippen LogP contribution in [0.3, 0.4) is 0 Å². The Kier molecular flexibility index (Phi) is 5.20. The van der Waals surface area contributed by atoms with E-state index in [1.54, 1.807) is 12.1 Å². The molecule has 0 aliphatic heterocycles. The standard InChI is InChI=1S/C15H23NO2/c1-5-12(6-2)11(4)16-15(18)13-8-7-10(3)9-14(13)17/h7-9,11-12,17H,5-6H2,1-4H3,(H,16,18). The number of aryl methyl sites for hydroxylation is 1. The van der Waals surface area contributed by atoms with E-state index < -0.39 is 0 Å². The zero-order chi connectivity index (χ0) is 13.7. The summed E-state index contributed by atoms with van der Waals surface area (Å²) in [5, 5.41) is 12.7. The number of aromatic hydroxyl groups is 1. The van der Waals surface area contributed by atoms with Gasteiger partial charge in [0, 0.05) is 6.04 Å². The van der Waals surface area contributed by atoms with E-state index in [0.717, 1.165) is 18.4 Å². The minimum Gasteiger partial charge on any atom is -0.507 e. The molecule has 1 atom stereocenters. The molecule has 0 aromatic heterocycles. The van der Waals surface area contributed by atoms with Crippen molar-refractivity contribution in [2.45, 2.75) is 46.6 Å². The van der Waals surface area contributed by atoms with Gasteiger partial charge in [-0.3, -0.25) is 4.79 Å². The third-order valence-corrected chi connectivity index (χ3v) is 3.51. The molecule has 1 rings (SSSR count). The lowest BCUT2D eigenvalue weighted by Gasteiger charge is -2.22. The first kappa shape index (κ1) is 14.6. The number of phenolic OH excluding ortho intramolecular Hbond substituents is 1. The number of rotatable bonds is 5. The highest BCUT2D eigenvalue weighted by Gasteiger charge is 2.18. The molecule has 0 aliphatic rings. The van der Waals surface area contributed by atoms with Crippen molar-refractivity contribution >= 4 is 5.91 Å². The zero-order valence-electron chi connectivity index (χ0n) is 11.7. The van der Waals surface area contributed by atoms with E-state index in [-0.39, 0.29) is 17.7 Å². The normalized spacial score (nSPS) is 12.5. The van der Waals surface area contributed by atoms with Crippen molar-refractivity contribution in [2.75, 3.05) is 0 Å². The highest BCUT2D eigenvalue weighted by Crippen LogP contribution is 2.19. The van der Waals surface area contributed by atoms with Gasteiger partial charge >= 0.3 is 0 Å². The Balaban J connectivity index is 2.76. The van der Waals surface area contributed by atoms with Gasteiger partial charge in [0.15, 0.2) is 0 Å². The van der Waals surface area contributed by atoms with Crippen LogP contribution in [0.1, 0.15) is 49.5 Å². The Bertz CT molecular complexity index is 411. The molecular weight excluding hydrogens is 226 g/mol. The third kappa shape index (κ3) is 3.49. The van der Waals surface area contributed by atoms with Gasteiger partial charge in [-0.05, 0) is 37.5 Å². The van der Waals surface area contributed by atoms with Gasteiger partial charge in [0.1, 0.15) is 5.75 Å². The largest absolute Gasteiger partial charge is 0.507 e. The van der Waals surface area contributed by atoms with Crippen molar-refractivity contribution in [3.63, 3.8) is 0 Å². The molecule has 0 spiro atoms. The van der Waals surface area contributed by atoms with Crippen LogP contribution in [0, 0.1) is 12.8 Å². The SMILES string of the molecule is CCC(CC)C(C)NC(=O)c1ccc(C)cc1O. The van der Waals surface area contributed by atoms with Gasteiger partial charge in [0.25, 0.3) is 5.91 Å². The van der Waals surface area contributed by atoms with Gasteiger partial charge in [-0.1, -0.05) is 32.8 Å². The minimum atomic E-state index is -0.202. The number of phenols is 1. The van der Waals surface area contributed by atoms with Crippen molar-refractivity contribution in [1.29, 1.82) is 0 Å². The third-order valence-electron chi connectivity index (χ3n) is 3.51. The predicted molar refractivity (Wildman–Crippen MR) is 73.8 cm³/mol. The summed E-state index contributed by atoms with van der Waals surface area (Å²) < 4.78 is 0. The van der Waals surface area contributed by atoms with Crippen LogP contribution in [0.5, 0.6) is 5.75 Å². The summed E-state index contributed by atoms with van der Waals surface area (Å²) in [5.74, 6) is 0.317. The number of benzene rings is 1. The number of nitrogens with one attached hydrogen (secondary N) is 1. The quantitative estimate of drug-likeness (QED) is 0.841. The molecule has 0 radical (unpaired) electrons. The number of hydrogen-bond acceptors (Lipinski definition) is 2. The fourth-order valence-electron chi connectivity index (χ4n) is 2.23. The van der Waals surface area contributed by atoms with Gasteiger partial charge in [0.2, 0.25) is 0 Å². The summed E-state index contributed by atoms with van der Waals surface area (Å²) in [4.78, 5) is 12.1. The summed E-state index contributed by atoms with van der Waals surface area (Å²) in [6.45, 7) is 8.15. The van der Waals surface area contributed by atoms with Crippen LogP contribution < -0.4 is 5.32 Å². The summed E-state index contributed by atoms with van der Waals surface area (Å²) in [7, 11) is 0. The van der Waals surface area contributed by atoms with Gasteiger partial charge in [-0.15, -0.1) is 0 Å². The molecule has 0 fully saturated rings. The maximum Gasteiger partial charge on any atom is 0.255 e. The second-order valence-corrected chi connectivity index (χ2v) is 4.86. The van der Waals surface area contributed by atoms with Crippen LogP contribution in [0.25, 0.3) is 0 Å². The van der Waals surface area contributed by atoms with Crippen molar-refractivity contribution < 1.29 is 9.90 Å². The number of amides is 1. The fraction of sp³-hybridized carbons (Fsp3) is 0.533. The van der Waals surface area contributed by atoms with E-state index >= 15 is 0 Å². The van der Waals surface area contributed by atoms with Crippen LogP contribution in [0.2, 0.25) is 0 Å². The molecule has 0 saturated carbocycles. The second-order valence-electron chi connectivity index (χ2n) is 4.86. The van der Waals surface area contributed by atoms with Crippen LogP contribution in [0.15, 0.2) is 18.2 Å². The summed E-state index contributed by atoms with van der Waals surface area (Å²) in [6.07, 6.45) is 2.08. The lowest BCUT2D eigenvalue weighted by atomic mass is 9.95. The smallest absolute Gasteiger partial charge is 0.255 e. The van der Waals surface area contributed by atoms with E-state index in [1.807, 2.05) is 19.9 Å². The van der Waals surface area contributed by atoms with Crippen molar-refractivity contribution in [2.24, 2.45) is 5.92 Å². The van der Waals surface area contributed by atoms with E-state index in [0.29, 0.717) is 11.5 Å². The van der Waals surface area contributed by atoms with E-state index in [4.69, 9.17) is 0 Å². The maximum atomic E-state index is 12.1. The molecule has 1 unspecified atom stereocenters. The maximum absolute atomic E-state index is 12.1. The molecule has 2 N–H and O–H groups in total. The molecule has 1 aromatic rings. The molecule has 100 valence electrons. The molecule has 3 heteroatoms. The van der Waals surface area contributed by atoms with Crippen LogP contribution in [-0.4, -0.2) is 17.1 Å². The molecule has 1 aromatic carbocycles. The number of hydrogen-bond donors (Lipinski definition) is 2. The highest BCUT2D eigenvalue weighted by molar-refractivity contribution is 5.97. The van der Waals surface area contributed by atoms with Gasteiger partial charge < -0.3 is 10.4 Å². The Hall–Kier alpha value is -1.51. The first-order valence-corrected chi connectivity index (χ1v) is 6.60. The van der Waals surface area contributed by atoms with Gasteiger partial charge in [-0.2, -0.15) is 0 Å². The van der Waals surface area contributed by atoms with Crippen LogP contribution >= 0.6 is 0 Å². The van der Waals surface area contributed by atoms with Crippen LogP contribution in [-0.2, 0) is 0 Å². The summed E-state index contributed by atoms with van der Waals surface area (Å²) >= 11 is 0. The van der Waals surface area contributed by atoms with E-state index in [9.17, 15) is 9.90 Å². The molecule has 1 amide bonds. The fourth-order valence-corrected chi connectivity index (χ4v) is 2.23. The first-order valence-electron chi connectivity index (χ1n) is 6.60. The Morgan fingerprint density at radius 3 is 2.44 bits per heavy atom. The van der Waals surface area contributed by atoms with Gasteiger partial charge in [0.05, 0.1) is 5.56 Å². The summed E-state index contributed by atoms with van der Waals surface area (Å²) in [5.41, 5.74) is 1.29. The predicted octanol–water partition coefficient (Wildman–Crippen LogP) is 3.26. The Labute approximate surface area is 109 Å². The number of carbonyl (C=O) groups excluding carboxylic acids is 1. The first-order chi connectivity index (χ1) is 8.49. The average molecular weight is 249 g/mol. The average Bonchev–Trinajstić information content (AvgIpc) is 2.30. The molecule has 0 aliphatic carbocycles. The van der Waals surface area contributed by atoms with Crippen molar-refractivity contribution in [1.82, 2.24) is 5.32 Å². The topological polar surface area (TPSA) is 49.3 Å². The lowest BCUT2D eigenvalue weighted by Crippen LogP contribution is -2.37. The number of carbonyl (C=O) groups is 1. The second kappa shape index (κ2) is 6.43. The minimum absolute atomic E-state index is 0.0456. The van der Waals surface area contributed by atoms with Gasteiger partial charge in [-0.25, -0.2) is 0 Å². The monoisotopic (exact) mass is 249 g/mol. The van der Waals surface area contributed by atoms with E-state index in [2.05, 4.69) is 19.2 Å². The Morgan fingerprint density at radius 1 is 1.33 bits per heavy atom. The molecule has 0 heterocycles. The van der Waals surface area contributed by atoms with E-state index in [1.165, 1.54) is 0 Å². The molecular formula is C15H23NO2. The highest BCUT2D eigenvalue weighted by atomic mass is 16.3. The molecule has 0 bridgehead atoms. The zero-order valence-corrected chi connectivity index (χ0v) is 11.7. The van der Waals surface area contributed by atoms with Crippen molar-refractivity contribution in [3.8, 4) is 5.75 Å². The van der Waals surface area contributed by atoms with Crippen molar-refractivity contribution in [3.05, 3.63) is 29.3 Å².